The number of carbonyl (C=O) groups excluding carboxylic acids is 1. The van der Waals surface area contributed by atoms with Gasteiger partial charge in [-0.2, -0.15) is 0 Å². The van der Waals surface area contributed by atoms with Gasteiger partial charge in [0.1, 0.15) is 19.0 Å². The fourth-order valence-corrected chi connectivity index (χ4v) is 2.19. The first-order chi connectivity index (χ1) is 9.79. The van der Waals surface area contributed by atoms with Crippen LogP contribution in [0.2, 0.25) is 0 Å². The van der Waals surface area contributed by atoms with E-state index >= 15 is 0 Å². The van der Waals surface area contributed by atoms with Crippen LogP contribution in [0.5, 0.6) is 5.75 Å². The Labute approximate surface area is 121 Å². The van der Waals surface area contributed by atoms with Gasteiger partial charge in [-0.25, -0.2) is 4.79 Å². The van der Waals surface area contributed by atoms with Crippen LogP contribution >= 0.6 is 11.3 Å². The highest BCUT2D eigenvalue weighted by atomic mass is 32.1. The molecule has 2 rings (SSSR count). The largest absolute Gasteiger partial charge is 0.491 e. The molecule has 0 aliphatic heterocycles. The molecule has 0 fully saturated rings. The summed E-state index contributed by atoms with van der Waals surface area (Å²) in [4.78, 5) is 12.9. The van der Waals surface area contributed by atoms with E-state index in [0.29, 0.717) is 31.1 Å². The summed E-state index contributed by atoms with van der Waals surface area (Å²) in [5, 5.41) is 1.95. The minimum absolute atomic E-state index is 0.297. The van der Waals surface area contributed by atoms with E-state index in [0.717, 1.165) is 4.88 Å². The number of thiophene rings is 1. The quantitative estimate of drug-likeness (QED) is 0.581. The van der Waals surface area contributed by atoms with Crippen molar-refractivity contribution in [3.8, 4) is 5.75 Å². The minimum Gasteiger partial charge on any atom is -0.491 e. The summed E-state index contributed by atoms with van der Waals surface area (Å²) in [7, 11) is 1.61. The standard InChI is InChI=1S/C15H16O4S/c1-17-7-8-18-13-5-2-4-12(10-13)15(16)19-11-14-6-3-9-20-14/h2-6,9-10H,7-8,11H2,1H3. The topological polar surface area (TPSA) is 44.8 Å². The molecule has 2 aromatic rings. The zero-order valence-electron chi connectivity index (χ0n) is 11.2. The normalized spacial score (nSPS) is 10.2. The van der Waals surface area contributed by atoms with Crippen molar-refractivity contribution < 1.29 is 19.0 Å². The third-order valence-corrected chi connectivity index (χ3v) is 3.40. The zero-order chi connectivity index (χ0) is 14.2. The first-order valence-electron chi connectivity index (χ1n) is 6.21. The van der Waals surface area contributed by atoms with E-state index in [1.54, 1.807) is 42.7 Å². The van der Waals surface area contributed by atoms with E-state index < -0.39 is 0 Å². The van der Waals surface area contributed by atoms with Gasteiger partial charge in [-0.1, -0.05) is 12.1 Å². The molecule has 0 aliphatic carbocycles. The third kappa shape index (κ3) is 4.36. The number of carbonyl (C=O) groups is 1. The fourth-order valence-electron chi connectivity index (χ4n) is 1.57. The number of esters is 1. The van der Waals surface area contributed by atoms with Gasteiger partial charge in [-0.3, -0.25) is 0 Å². The predicted octanol–water partition coefficient (Wildman–Crippen LogP) is 3.13. The molecule has 1 aromatic carbocycles. The summed E-state index contributed by atoms with van der Waals surface area (Å²) in [5.74, 6) is 0.281. The maximum absolute atomic E-state index is 11.9. The number of hydrogen-bond donors (Lipinski definition) is 0. The van der Waals surface area contributed by atoms with Gasteiger partial charge in [-0.15, -0.1) is 11.3 Å². The van der Waals surface area contributed by atoms with Crippen molar-refractivity contribution in [3.63, 3.8) is 0 Å². The second-order valence-electron chi connectivity index (χ2n) is 4.02. The van der Waals surface area contributed by atoms with Crippen molar-refractivity contribution in [2.45, 2.75) is 6.61 Å². The molecule has 4 nitrogen and oxygen atoms in total. The van der Waals surface area contributed by atoms with Crippen molar-refractivity contribution in [2.24, 2.45) is 0 Å². The molecular weight excluding hydrogens is 276 g/mol. The Morgan fingerprint density at radius 1 is 1.20 bits per heavy atom. The van der Waals surface area contributed by atoms with Crippen molar-refractivity contribution in [1.29, 1.82) is 0 Å². The SMILES string of the molecule is COCCOc1cccc(C(=O)OCc2cccs2)c1. The van der Waals surface area contributed by atoms with E-state index in [-0.39, 0.29) is 5.97 Å². The van der Waals surface area contributed by atoms with Crippen LogP contribution in [0.3, 0.4) is 0 Å². The van der Waals surface area contributed by atoms with E-state index in [4.69, 9.17) is 14.2 Å². The first kappa shape index (κ1) is 14.6. The number of methoxy groups -OCH3 is 1. The monoisotopic (exact) mass is 292 g/mol. The van der Waals surface area contributed by atoms with Gasteiger partial charge in [0.25, 0.3) is 0 Å². The number of benzene rings is 1. The highest BCUT2D eigenvalue weighted by Gasteiger charge is 2.09. The Hall–Kier alpha value is -1.85. The van der Waals surface area contributed by atoms with E-state index in [1.165, 1.54) is 0 Å². The smallest absolute Gasteiger partial charge is 0.338 e. The minimum atomic E-state index is -0.351. The molecule has 20 heavy (non-hydrogen) atoms. The summed E-state index contributed by atoms with van der Waals surface area (Å²) < 4.78 is 15.6. The second-order valence-corrected chi connectivity index (χ2v) is 5.06. The van der Waals surface area contributed by atoms with Crippen LogP contribution in [0, 0.1) is 0 Å². The molecule has 106 valence electrons. The van der Waals surface area contributed by atoms with Gasteiger partial charge >= 0.3 is 5.97 Å². The molecule has 1 aromatic heterocycles. The van der Waals surface area contributed by atoms with E-state index in [1.807, 2.05) is 17.5 Å². The fraction of sp³-hybridized carbons (Fsp3) is 0.267. The lowest BCUT2D eigenvalue weighted by Crippen LogP contribution is -2.07. The van der Waals surface area contributed by atoms with Crippen molar-refractivity contribution in [2.75, 3.05) is 20.3 Å². The molecular formula is C15H16O4S. The Morgan fingerprint density at radius 3 is 2.85 bits per heavy atom. The Bertz CT molecular complexity index is 537. The Balaban J connectivity index is 1.90. The van der Waals surface area contributed by atoms with Crippen LogP contribution in [0.25, 0.3) is 0 Å². The molecule has 0 saturated heterocycles. The molecule has 0 spiro atoms. The predicted molar refractivity (Wildman–Crippen MR) is 77.3 cm³/mol. The van der Waals surface area contributed by atoms with Crippen LogP contribution in [-0.4, -0.2) is 26.3 Å². The van der Waals surface area contributed by atoms with Crippen LogP contribution in [0.15, 0.2) is 41.8 Å². The summed E-state index contributed by atoms with van der Waals surface area (Å²) in [6, 6.07) is 10.8. The number of ether oxygens (including phenoxy) is 3. The van der Waals surface area contributed by atoms with Crippen LogP contribution in [-0.2, 0) is 16.1 Å². The number of hydrogen-bond acceptors (Lipinski definition) is 5. The average Bonchev–Trinajstić information content (AvgIpc) is 2.99. The lowest BCUT2D eigenvalue weighted by atomic mass is 10.2. The van der Waals surface area contributed by atoms with Gasteiger partial charge in [-0.05, 0) is 29.6 Å². The van der Waals surface area contributed by atoms with Crippen LogP contribution < -0.4 is 4.74 Å². The molecule has 0 N–H and O–H groups in total. The van der Waals surface area contributed by atoms with Gasteiger partial charge < -0.3 is 14.2 Å². The van der Waals surface area contributed by atoms with E-state index in [9.17, 15) is 4.79 Å². The highest BCUT2D eigenvalue weighted by Crippen LogP contribution is 2.16. The lowest BCUT2D eigenvalue weighted by molar-refractivity contribution is 0.0476. The summed E-state index contributed by atoms with van der Waals surface area (Å²) >= 11 is 1.56. The molecule has 0 radical (unpaired) electrons. The second kappa shape index (κ2) is 7.67. The zero-order valence-corrected chi connectivity index (χ0v) is 12.0. The number of rotatable bonds is 7. The summed E-state index contributed by atoms with van der Waals surface area (Å²) in [5.41, 5.74) is 0.483. The summed E-state index contributed by atoms with van der Waals surface area (Å²) in [6.45, 7) is 1.25. The maximum atomic E-state index is 11.9. The van der Waals surface area contributed by atoms with Gasteiger partial charge in [0, 0.05) is 12.0 Å². The van der Waals surface area contributed by atoms with Crippen molar-refractivity contribution in [1.82, 2.24) is 0 Å². The summed E-state index contributed by atoms with van der Waals surface area (Å²) in [6.07, 6.45) is 0. The van der Waals surface area contributed by atoms with Gasteiger partial charge in [0.15, 0.2) is 0 Å². The molecule has 0 atom stereocenters. The molecule has 0 amide bonds. The maximum Gasteiger partial charge on any atom is 0.338 e. The first-order valence-corrected chi connectivity index (χ1v) is 7.09. The molecule has 0 unspecified atom stereocenters. The van der Waals surface area contributed by atoms with Crippen LogP contribution in [0.4, 0.5) is 0 Å². The molecule has 1 heterocycles. The molecule has 0 saturated carbocycles. The highest BCUT2D eigenvalue weighted by molar-refractivity contribution is 7.09. The Kier molecular flexibility index (Phi) is 5.58. The van der Waals surface area contributed by atoms with Crippen molar-refractivity contribution in [3.05, 3.63) is 52.2 Å². The lowest BCUT2D eigenvalue weighted by Gasteiger charge is -2.07. The third-order valence-electron chi connectivity index (χ3n) is 2.55. The van der Waals surface area contributed by atoms with Crippen LogP contribution in [0.1, 0.15) is 15.2 Å². The van der Waals surface area contributed by atoms with E-state index in [2.05, 4.69) is 0 Å². The molecule has 0 bridgehead atoms. The van der Waals surface area contributed by atoms with Gasteiger partial charge in [0.2, 0.25) is 0 Å². The van der Waals surface area contributed by atoms with Crippen molar-refractivity contribution >= 4 is 17.3 Å². The Morgan fingerprint density at radius 2 is 2.10 bits per heavy atom. The van der Waals surface area contributed by atoms with Gasteiger partial charge in [0.05, 0.1) is 12.2 Å². The molecule has 0 aliphatic rings. The average molecular weight is 292 g/mol. The molecule has 5 heteroatoms.